The van der Waals surface area contributed by atoms with Crippen molar-refractivity contribution in [3.05, 3.63) is 29.1 Å². The third-order valence-electron chi connectivity index (χ3n) is 2.60. The molecule has 0 saturated heterocycles. The zero-order chi connectivity index (χ0) is 9.64. The summed E-state index contributed by atoms with van der Waals surface area (Å²) in [6.07, 6.45) is 1.50. The minimum Gasteiger partial charge on any atom is -0.507 e. The molecule has 0 spiro atoms. The third kappa shape index (κ3) is 1.20. The van der Waals surface area contributed by atoms with Gasteiger partial charge >= 0.3 is 0 Å². The lowest BCUT2D eigenvalue weighted by Crippen LogP contribution is -2.21. The first kappa shape index (κ1) is 8.51. The van der Waals surface area contributed by atoms with Crippen LogP contribution < -0.4 is 5.73 Å². The van der Waals surface area contributed by atoms with E-state index in [1.54, 1.807) is 13.0 Å². The van der Waals surface area contributed by atoms with Gasteiger partial charge in [-0.15, -0.1) is 0 Å². The molecule has 1 aliphatic rings. The van der Waals surface area contributed by atoms with Gasteiger partial charge in [0, 0.05) is 11.1 Å². The number of halogens is 1. The molecule has 13 heavy (non-hydrogen) atoms. The van der Waals surface area contributed by atoms with Crippen molar-refractivity contribution in [3.63, 3.8) is 0 Å². The molecule has 3 N–H and O–H groups in total. The zero-order valence-electron chi connectivity index (χ0n) is 7.47. The first-order chi connectivity index (χ1) is 6.04. The van der Waals surface area contributed by atoms with Crippen LogP contribution in [0.5, 0.6) is 5.75 Å². The summed E-state index contributed by atoms with van der Waals surface area (Å²) in [5, 5.41) is 9.47. The first-order valence-corrected chi connectivity index (χ1v) is 4.32. The average Bonchev–Trinajstić information content (AvgIpc) is 2.78. The van der Waals surface area contributed by atoms with Gasteiger partial charge in [-0.25, -0.2) is 4.39 Å². The summed E-state index contributed by atoms with van der Waals surface area (Å²) in [7, 11) is 0. The van der Waals surface area contributed by atoms with Gasteiger partial charge in [0.05, 0.1) is 0 Å². The topological polar surface area (TPSA) is 46.2 Å². The van der Waals surface area contributed by atoms with Gasteiger partial charge in [0.25, 0.3) is 0 Å². The maximum absolute atomic E-state index is 13.6. The van der Waals surface area contributed by atoms with Crippen molar-refractivity contribution >= 4 is 0 Å². The summed E-state index contributed by atoms with van der Waals surface area (Å²) in [5.74, 6) is -0.386. The molecule has 0 amide bonds. The summed E-state index contributed by atoms with van der Waals surface area (Å²) in [6, 6.07) is 3.06. The molecule has 0 radical (unpaired) electrons. The lowest BCUT2D eigenvalue weighted by atomic mass is 10.0. The quantitative estimate of drug-likeness (QED) is 0.693. The van der Waals surface area contributed by atoms with Crippen molar-refractivity contribution in [3.8, 4) is 5.75 Å². The van der Waals surface area contributed by atoms with Crippen molar-refractivity contribution in [2.45, 2.75) is 25.3 Å². The second kappa shape index (κ2) is 2.45. The molecular weight excluding hydrogens is 169 g/mol. The van der Waals surface area contributed by atoms with E-state index in [-0.39, 0.29) is 17.1 Å². The van der Waals surface area contributed by atoms with Crippen molar-refractivity contribution in [2.24, 2.45) is 5.73 Å². The highest BCUT2D eigenvalue weighted by Crippen LogP contribution is 2.47. The average molecular weight is 181 g/mol. The van der Waals surface area contributed by atoms with Crippen molar-refractivity contribution in [1.82, 2.24) is 0 Å². The number of phenolic OH excluding ortho intramolecular Hbond substituents is 1. The summed E-state index contributed by atoms with van der Waals surface area (Å²) in [4.78, 5) is 0. The molecule has 0 bridgehead atoms. The molecule has 2 rings (SSSR count). The van der Waals surface area contributed by atoms with Crippen LogP contribution in [0.1, 0.15) is 24.0 Å². The minimum atomic E-state index is -0.611. The smallest absolute Gasteiger partial charge is 0.134 e. The van der Waals surface area contributed by atoms with Crippen LogP contribution in [0, 0.1) is 12.7 Å². The van der Waals surface area contributed by atoms with Crippen LogP contribution in [0.3, 0.4) is 0 Å². The molecule has 0 heterocycles. The predicted octanol–water partition coefficient (Wildman–Crippen LogP) is 1.79. The fourth-order valence-electron chi connectivity index (χ4n) is 1.53. The van der Waals surface area contributed by atoms with Crippen LogP contribution in [-0.2, 0) is 5.54 Å². The third-order valence-corrected chi connectivity index (χ3v) is 2.60. The van der Waals surface area contributed by atoms with Gasteiger partial charge in [-0.2, -0.15) is 0 Å². The summed E-state index contributed by atoms with van der Waals surface area (Å²) in [5.41, 5.74) is 6.04. The molecule has 3 heteroatoms. The highest BCUT2D eigenvalue weighted by Gasteiger charge is 2.44. The largest absolute Gasteiger partial charge is 0.507 e. The van der Waals surface area contributed by atoms with Crippen LogP contribution in [0.25, 0.3) is 0 Å². The second-order valence-electron chi connectivity index (χ2n) is 3.75. The van der Waals surface area contributed by atoms with Crippen LogP contribution >= 0.6 is 0 Å². The Kier molecular flexibility index (Phi) is 1.60. The number of benzene rings is 1. The van der Waals surface area contributed by atoms with Gasteiger partial charge in [0.15, 0.2) is 0 Å². The van der Waals surface area contributed by atoms with E-state index in [9.17, 15) is 9.50 Å². The second-order valence-corrected chi connectivity index (χ2v) is 3.75. The number of aryl methyl sites for hydroxylation is 1. The Hall–Kier alpha value is -1.09. The molecule has 2 nitrogen and oxygen atoms in total. The Morgan fingerprint density at radius 3 is 2.62 bits per heavy atom. The van der Waals surface area contributed by atoms with Gasteiger partial charge in [-0.05, 0) is 31.4 Å². The van der Waals surface area contributed by atoms with Crippen LogP contribution in [0.2, 0.25) is 0 Å². The van der Waals surface area contributed by atoms with Crippen LogP contribution in [0.15, 0.2) is 12.1 Å². The van der Waals surface area contributed by atoms with E-state index < -0.39 is 5.54 Å². The normalized spacial score (nSPS) is 18.7. The highest BCUT2D eigenvalue weighted by molar-refractivity contribution is 5.44. The summed E-state index contributed by atoms with van der Waals surface area (Å²) >= 11 is 0. The van der Waals surface area contributed by atoms with E-state index in [0.29, 0.717) is 5.56 Å². The number of hydrogen-bond acceptors (Lipinski definition) is 2. The molecule has 0 aromatic heterocycles. The number of phenols is 1. The Labute approximate surface area is 76.2 Å². The number of hydrogen-bond donors (Lipinski definition) is 2. The van der Waals surface area contributed by atoms with E-state index in [2.05, 4.69) is 0 Å². The maximum Gasteiger partial charge on any atom is 0.134 e. The molecular formula is C10H12FNO. The lowest BCUT2D eigenvalue weighted by Gasteiger charge is -2.13. The molecule has 0 aliphatic heterocycles. The first-order valence-electron chi connectivity index (χ1n) is 4.32. The monoisotopic (exact) mass is 181 g/mol. The fourth-order valence-corrected chi connectivity index (χ4v) is 1.53. The lowest BCUT2D eigenvalue weighted by molar-refractivity contribution is 0.445. The number of rotatable bonds is 1. The fraction of sp³-hybridized carbons (Fsp3) is 0.400. The van der Waals surface area contributed by atoms with Crippen LogP contribution in [-0.4, -0.2) is 5.11 Å². The zero-order valence-corrected chi connectivity index (χ0v) is 7.47. The molecule has 0 unspecified atom stereocenters. The van der Waals surface area contributed by atoms with Gasteiger partial charge in [0.2, 0.25) is 0 Å². The van der Waals surface area contributed by atoms with E-state index in [0.717, 1.165) is 12.8 Å². The number of aromatic hydroxyl groups is 1. The molecule has 1 aliphatic carbocycles. The highest BCUT2D eigenvalue weighted by atomic mass is 19.1. The van der Waals surface area contributed by atoms with E-state index in [4.69, 9.17) is 5.73 Å². The van der Waals surface area contributed by atoms with Gasteiger partial charge in [0.1, 0.15) is 11.6 Å². The van der Waals surface area contributed by atoms with Gasteiger partial charge in [-0.3, -0.25) is 0 Å². The van der Waals surface area contributed by atoms with E-state index >= 15 is 0 Å². The van der Waals surface area contributed by atoms with Crippen molar-refractivity contribution in [1.29, 1.82) is 0 Å². The standard InChI is InChI=1S/C10H12FNO/c1-6-2-3-7(13)8(9(6)11)10(12)4-5-10/h2-3,13H,4-5,12H2,1H3. The summed E-state index contributed by atoms with van der Waals surface area (Å²) < 4.78 is 13.6. The Morgan fingerprint density at radius 1 is 1.46 bits per heavy atom. The molecule has 1 aromatic carbocycles. The predicted molar refractivity (Wildman–Crippen MR) is 47.9 cm³/mol. The number of nitrogens with two attached hydrogens (primary N) is 1. The van der Waals surface area contributed by atoms with Gasteiger partial charge < -0.3 is 10.8 Å². The summed E-state index contributed by atoms with van der Waals surface area (Å²) in [6.45, 7) is 1.67. The SMILES string of the molecule is Cc1ccc(O)c(C2(N)CC2)c1F. The van der Waals surface area contributed by atoms with Crippen LogP contribution in [0.4, 0.5) is 4.39 Å². The molecule has 1 aromatic rings. The minimum absolute atomic E-state index is 0.0249. The Morgan fingerprint density at radius 2 is 2.08 bits per heavy atom. The van der Waals surface area contributed by atoms with Crippen molar-refractivity contribution in [2.75, 3.05) is 0 Å². The molecule has 1 fully saturated rings. The molecule has 0 atom stereocenters. The van der Waals surface area contributed by atoms with Gasteiger partial charge in [-0.1, -0.05) is 6.07 Å². The Balaban J connectivity index is 2.61. The van der Waals surface area contributed by atoms with E-state index in [1.165, 1.54) is 6.07 Å². The molecule has 1 saturated carbocycles. The molecule has 70 valence electrons. The Bertz CT molecular complexity index is 358. The van der Waals surface area contributed by atoms with Crippen molar-refractivity contribution < 1.29 is 9.50 Å². The maximum atomic E-state index is 13.6. The van der Waals surface area contributed by atoms with E-state index in [1.807, 2.05) is 0 Å².